The summed E-state index contributed by atoms with van der Waals surface area (Å²) >= 11 is 0. The number of aryl methyl sites for hydroxylation is 1. The summed E-state index contributed by atoms with van der Waals surface area (Å²) in [6, 6.07) is 6.29. The monoisotopic (exact) mass is 256 g/mol. The van der Waals surface area contributed by atoms with E-state index >= 15 is 0 Å². The molecule has 0 saturated carbocycles. The van der Waals surface area contributed by atoms with Crippen molar-refractivity contribution in [3.63, 3.8) is 0 Å². The van der Waals surface area contributed by atoms with Crippen LogP contribution < -0.4 is 5.73 Å². The van der Waals surface area contributed by atoms with Gasteiger partial charge in [-0.1, -0.05) is 18.2 Å². The van der Waals surface area contributed by atoms with Crippen LogP contribution in [0.15, 0.2) is 29.2 Å². The first-order valence-corrected chi connectivity index (χ1v) is 6.86. The average Bonchev–Trinajstić information content (AvgIpc) is 2.60. The molecule has 1 heterocycles. The lowest BCUT2D eigenvalue weighted by molar-refractivity contribution is 0.174. The largest absolute Gasteiger partial charge is 0.390 e. The summed E-state index contributed by atoms with van der Waals surface area (Å²) < 4.78 is 25.9. The maximum Gasteiger partial charge on any atom is 0.243 e. The molecule has 2 atom stereocenters. The molecule has 2 rings (SSSR count). The third-order valence-corrected chi connectivity index (χ3v) is 5.00. The summed E-state index contributed by atoms with van der Waals surface area (Å²) in [5, 5.41) is 9.52. The van der Waals surface area contributed by atoms with Gasteiger partial charge in [0.1, 0.15) is 0 Å². The zero-order valence-corrected chi connectivity index (χ0v) is 10.4. The summed E-state index contributed by atoms with van der Waals surface area (Å²) in [5.41, 5.74) is 6.32. The predicted molar refractivity (Wildman–Crippen MR) is 63.9 cm³/mol. The molecule has 17 heavy (non-hydrogen) atoms. The molecule has 1 saturated heterocycles. The van der Waals surface area contributed by atoms with Gasteiger partial charge in [-0.05, 0) is 18.6 Å². The Morgan fingerprint density at radius 2 is 2.00 bits per heavy atom. The van der Waals surface area contributed by atoms with Crippen LogP contribution in [0.2, 0.25) is 0 Å². The number of nitrogens with zero attached hydrogens (tertiary/aromatic N) is 1. The highest BCUT2D eigenvalue weighted by Gasteiger charge is 2.37. The summed E-state index contributed by atoms with van der Waals surface area (Å²) in [6.45, 7) is 1.98. The van der Waals surface area contributed by atoms with Crippen molar-refractivity contribution < 1.29 is 13.5 Å². The first-order valence-electron chi connectivity index (χ1n) is 5.42. The molecule has 5 nitrogen and oxygen atoms in total. The molecule has 0 aromatic heterocycles. The molecule has 6 heteroatoms. The molecule has 94 valence electrons. The lowest BCUT2D eigenvalue weighted by atomic mass is 10.2. The Balaban J connectivity index is 2.36. The number of aliphatic hydroxyl groups is 1. The smallest absolute Gasteiger partial charge is 0.243 e. The van der Waals surface area contributed by atoms with E-state index in [1.165, 1.54) is 4.31 Å². The lowest BCUT2D eigenvalue weighted by Crippen LogP contribution is -2.33. The Morgan fingerprint density at radius 1 is 1.35 bits per heavy atom. The minimum atomic E-state index is -3.54. The van der Waals surface area contributed by atoms with E-state index in [9.17, 15) is 13.5 Å². The molecular formula is C11H16N2O3S. The van der Waals surface area contributed by atoms with Gasteiger partial charge in [0.2, 0.25) is 10.0 Å². The number of rotatable bonds is 2. The van der Waals surface area contributed by atoms with Crippen molar-refractivity contribution in [1.29, 1.82) is 0 Å². The Hall–Kier alpha value is -0.950. The van der Waals surface area contributed by atoms with Crippen molar-refractivity contribution in [3.05, 3.63) is 29.8 Å². The first kappa shape index (κ1) is 12.5. The highest BCUT2D eigenvalue weighted by molar-refractivity contribution is 7.89. The summed E-state index contributed by atoms with van der Waals surface area (Å²) in [4.78, 5) is 0.279. The van der Waals surface area contributed by atoms with Crippen molar-refractivity contribution in [2.45, 2.75) is 24.0 Å². The van der Waals surface area contributed by atoms with Crippen LogP contribution in [0.5, 0.6) is 0 Å². The number of aliphatic hydroxyl groups excluding tert-OH is 1. The van der Waals surface area contributed by atoms with E-state index in [0.29, 0.717) is 5.56 Å². The topological polar surface area (TPSA) is 83.6 Å². The lowest BCUT2D eigenvalue weighted by Gasteiger charge is -2.17. The average molecular weight is 256 g/mol. The minimum Gasteiger partial charge on any atom is -0.390 e. The zero-order valence-electron chi connectivity index (χ0n) is 9.57. The van der Waals surface area contributed by atoms with E-state index in [1.54, 1.807) is 31.2 Å². The van der Waals surface area contributed by atoms with Crippen molar-refractivity contribution in [1.82, 2.24) is 4.31 Å². The normalized spacial score (nSPS) is 26.3. The van der Waals surface area contributed by atoms with Crippen LogP contribution in [0.1, 0.15) is 5.56 Å². The van der Waals surface area contributed by atoms with Gasteiger partial charge in [-0.15, -0.1) is 0 Å². The highest BCUT2D eigenvalue weighted by Crippen LogP contribution is 2.23. The number of benzene rings is 1. The second-order valence-corrected chi connectivity index (χ2v) is 6.23. The summed E-state index contributed by atoms with van der Waals surface area (Å²) in [6.07, 6.45) is -0.784. The molecular weight excluding hydrogens is 240 g/mol. The molecule has 1 aliphatic heterocycles. The molecule has 1 aromatic rings. The van der Waals surface area contributed by atoms with Crippen LogP contribution >= 0.6 is 0 Å². The number of hydrogen-bond donors (Lipinski definition) is 2. The fraction of sp³-hybridized carbons (Fsp3) is 0.455. The molecule has 0 aliphatic carbocycles. The number of β-amino-alcohol motifs (C(OH)–C–C–N with tert-alkyl or cyclic N) is 1. The van der Waals surface area contributed by atoms with Crippen LogP contribution in [0.25, 0.3) is 0 Å². The van der Waals surface area contributed by atoms with E-state index in [4.69, 9.17) is 5.73 Å². The van der Waals surface area contributed by atoms with Crippen LogP contribution in [-0.4, -0.2) is 43.1 Å². The standard InChI is InChI=1S/C11H16N2O3S/c1-8-4-2-3-5-11(8)17(15,16)13-6-9(12)10(14)7-13/h2-5,9-10,14H,6-7,12H2,1H3. The number of hydrogen-bond acceptors (Lipinski definition) is 4. The zero-order chi connectivity index (χ0) is 12.6. The van der Waals surface area contributed by atoms with Crippen molar-refractivity contribution in [2.24, 2.45) is 5.73 Å². The molecule has 0 spiro atoms. The first-order chi connectivity index (χ1) is 7.93. The van der Waals surface area contributed by atoms with Gasteiger partial charge in [0, 0.05) is 19.1 Å². The van der Waals surface area contributed by atoms with Gasteiger partial charge in [0.15, 0.2) is 0 Å². The predicted octanol–water partition coefficient (Wildman–Crippen LogP) is -0.312. The molecule has 0 radical (unpaired) electrons. The van der Waals surface area contributed by atoms with Crippen LogP contribution in [0.3, 0.4) is 0 Å². The number of sulfonamides is 1. The molecule has 2 unspecified atom stereocenters. The van der Waals surface area contributed by atoms with Gasteiger partial charge >= 0.3 is 0 Å². The summed E-state index contributed by atoms with van der Waals surface area (Å²) in [5.74, 6) is 0. The molecule has 3 N–H and O–H groups in total. The van der Waals surface area contributed by atoms with Gasteiger partial charge in [-0.25, -0.2) is 8.42 Å². The Labute approximate surface area is 101 Å². The molecule has 1 aromatic carbocycles. The Bertz CT molecular complexity index is 505. The number of nitrogens with two attached hydrogens (primary N) is 1. The Morgan fingerprint density at radius 3 is 2.53 bits per heavy atom. The van der Waals surface area contributed by atoms with Crippen LogP contribution in [0, 0.1) is 6.92 Å². The SMILES string of the molecule is Cc1ccccc1S(=O)(=O)N1CC(N)C(O)C1. The third kappa shape index (κ3) is 2.21. The second kappa shape index (κ2) is 4.38. The fourth-order valence-corrected chi connectivity index (χ4v) is 3.68. The van der Waals surface area contributed by atoms with Gasteiger partial charge < -0.3 is 10.8 Å². The van der Waals surface area contributed by atoms with E-state index in [1.807, 2.05) is 0 Å². The molecule has 1 fully saturated rings. The summed E-state index contributed by atoms with van der Waals surface area (Å²) in [7, 11) is -3.54. The van der Waals surface area contributed by atoms with E-state index in [0.717, 1.165) is 0 Å². The Kier molecular flexibility index (Phi) is 3.22. The van der Waals surface area contributed by atoms with Crippen LogP contribution in [0.4, 0.5) is 0 Å². The van der Waals surface area contributed by atoms with Crippen LogP contribution in [-0.2, 0) is 10.0 Å². The minimum absolute atomic E-state index is 0.0673. The quantitative estimate of drug-likeness (QED) is 0.760. The molecule has 0 bridgehead atoms. The molecule has 1 aliphatic rings. The van der Waals surface area contributed by atoms with Crippen molar-refractivity contribution in [2.75, 3.05) is 13.1 Å². The van der Waals surface area contributed by atoms with Gasteiger partial charge in [-0.2, -0.15) is 4.31 Å². The van der Waals surface area contributed by atoms with Gasteiger partial charge in [0.25, 0.3) is 0 Å². The maximum atomic E-state index is 12.3. The van der Waals surface area contributed by atoms with E-state index in [-0.39, 0.29) is 18.0 Å². The van der Waals surface area contributed by atoms with Crippen molar-refractivity contribution >= 4 is 10.0 Å². The van der Waals surface area contributed by atoms with Crippen molar-refractivity contribution in [3.8, 4) is 0 Å². The molecule has 0 amide bonds. The second-order valence-electron chi connectivity index (χ2n) is 4.32. The maximum absolute atomic E-state index is 12.3. The van der Waals surface area contributed by atoms with E-state index in [2.05, 4.69) is 0 Å². The van der Waals surface area contributed by atoms with E-state index < -0.39 is 22.2 Å². The third-order valence-electron chi connectivity index (χ3n) is 3.01. The highest BCUT2D eigenvalue weighted by atomic mass is 32.2. The van der Waals surface area contributed by atoms with Gasteiger partial charge in [-0.3, -0.25) is 0 Å². The fourth-order valence-electron chi connectivity index (χ4n) is 1.96. The van der Waals surface area contributed by atoms with Gasteiger partial charge in [0.05, 0.1) is 11.0 Å².